The van der Waals surface area contributed by atoms with E-state index in [-0.39, 0.29) is 5.91 Å². The molecule has 0 rings (SSSR count). The van der Waals surface area contributed by atoms with E-state index in [2.05, 4.69) is 5.32 Å². The Hall–Kier alpha value is -0.320. The molecule has 14 heavy (non-hydrogen) atoms. The molecule has 0 saturated carbocycles. The number of alkyl halides is 1. The molecule has 0 fully saturated rings. The molecule has 0 aliphatic carbocycles. The first kappa shape index (κ1) is 13.7. The third-order valence-corrected chi connectivity index (χ3v) is 1.81. The molecule has 84 valence electrons. The average Bonchev–Trinajstić information content (AvgIpc) is 2.20. The summed E-state index contributed by atoms with van der Waals surface area (Å²) >= 11 is 5.45. The average molecular weight is 224 g/mol. The second-order valence-electron chi connectivity index (χ2n) is 2.75. The number of nitrogens with one attached hydrogen (secondary N) is 1. The zero-order chi connectivity index (χ0) is 10.6. The summed E-state index contributed by atoms with van der Waals surface area (Å²) < 4.78 is 9.96. The number of halogens is 1. The molecular formula is C9H18ClNO3. The van der Waals surface area contributed by atoms with Gasteiger partial charge in [0.2, 0.25) is 5.91 Å². The second kappa shape index (κ2) is 10.8. The Morgan fingerprint density at radius 3 is 2.79 bits per heavy atom. The van der Waals surface area contributed by atoms with Gasteiger partial charge in [-0.2, -0.15) is 0 Å². The van der Waals surface area contributed by atoms with Crippen molar-refractivity contribution in [2.45, 2.75) is 12.8 Å². The predicted molar refractivity (Wildman–Crippen MR) is 55.7 cm³/mol. The van der Waals surface area contributed by atoms with Crippen molar-refractivity contribution < 1.29 is 14.3 Å². The van der Waals surface area contributed by atoms with E-state index in [0.717, 1.165) is 6.42 Å². The van der Waals surface area contributed by atoms with Crippen molar-refractivity contribution in [2.24, 2.45) is 0 Å². The maximum Gasteiger partial charge on any atom is 0.220 e. The van der Waals surface area contributed by atoms with Crippen LogP contribution in [-0.2, 0) is 14.3 Å². The first-order chi connectivity index (χ1) is 6.81. The lowest BCUT2D eigenvalue weighted by molar-refractivity contribution is -0.121. The molecule has 4 nitrogen and oxygen atoms in total. The highest BCUT2D eigenvalue weighted by Gasteiger charge is 1.98. The zero-order valence-electron chi connectivity index (χ0n) is 8.55. The minimum atomic E-state index is 0.0287. The number of amides is 1. The van der Waals surface area contributed by atoms with Crippen LogP contribution < -0.4 is 5.32 Å². The molecule has 5 heteroatoms. The van der Waals surface area contributed by atoms with Gasteiger partial charge in [-0.05, 0) is 6.42 Å². The molecule has 1 amide bonds. The smallest absolute Gasteiger partial charge is 0.220 e. The number of carbonyl (C=O) groups is 1. The van der Waals surface area contributed by atoms with Gasteiger partial charge in [-0.15, -0.1) is 11.6 Å². The van der Waals surface area contributed by atoms with Gasteiger partial charge in [-0.1, -0.05) is 0 Å². The first-order valence-electron chi connectivity index (χ1n) is 4.70. The standard InChI is InChI=1S/C9H18ClNO3/c1-13-7-8-14-6-5-11-9(12)3-2-4-10/h2-8H2,1H3,(H,11,12). The molecule has 0 heterocycles. The molecule has 0 unspecified atom stereocenters. The quantitative estimate of drug-likeness (QED) is 0.464. The van der Waals surface area contributed by atoms with Crippen LogP contribution in [0.1, 0.15) is 12.8 Å². The number of carbonyl (C=O) groups excluding carboxylic acids is 1. The summed E-state index contributed by atoms with van der Waals surface area (Å²) in [5.41, 5.74) is 0. The van der Waals surface area contributed by atoms with E-state index in [4.69, 9.17) is 21.1 Å². The van der Waals surface area contributed by atoms with Gasteiger partial charge in [-0.25, -0.2) is 0 Å². The topological polar surface area (TPSA) is 47.6 Å². The molecule has 0 aliphatic heterocycles. The monoisotopic (exact) mass is 223 g/mol. The van der Waals surface area contributed by atoms with Crippen LogP contribution >= 0.6 is 11.6 Å². The SMILES string of the molecule is COCCOCCNC(=O)CCCCl. The normalized spacial score (nSPS) is 10.1. The Bertz CT molecular complexity index is 144. The fraction of sp³-hybridized carbons (Fsp3) is 0.889. The summed E-state index contributed by atoms with van der Waals surface area (Å²) in [5.74, 6) is 0.554. The van der Waals surface area contributed by atoms with E-state index in [0.29, 0.717) is 38.7 Å². The summed E-state index contributed by atoms with van der Waals surface area (Å²) in [5, 5.41) is 2.73. The van der Waals surface area contributed by atoms with Crippen LogP contribution in [0.25, 0.3) is 0 Å². The van der Waals surface area contributed by atoms with E-state index in [1.54, 1.807) is 7.11 Å². The molecule has 0 bridgehead atoms. The van der Waals surface area contributed by atoms with Crippen LogP contribution in [0.5, 0.6) is 0 Å². The van der Waals surface area contributed by atoms with E-state index >= 15 is 0 Å². The van der Waals surface area contributed by atoms with E-state index in [9.17, 15) is 4.79 Å². The van der Waals surface area contributed by atoms with Gasteiger partial charge in [0, 0.05) is 26.0 Å². The van der Waals surface area contributed by atoms with Crippen LogP contribution in [-0.4, -0.2) is 45.3 Å². The van der Waals surface area contributed by atoms with Gasteiger partial charge in [0.15, 0.2) is 0 Å². The minimum Gasteiger partial charge on any atom is -0.382 e. The van der Waals surface area contributed by atoms with Gasteiger partial charge in [0.05, 0.1) is 19.8 Å². The summed E-state index contributed by atoms with van der Waals surface area (Å²) in [4.78, 5) is 11.0. The van der Waals surface area contributed by atoms with Crippen molar-refractivity contribution in [3.8, 4) is 0 Å². The zero-order valence-corrected chi connectivity index (χ0v) is 9.31. The van der Waals surface area contributed by atoms with Crippen molar-refractivity contribution in [1.82, 2.24) is 5.32 Å². The fourth-order valence-electron chi connectivity index (χ4n) is 0.823. The highest BCUT2D eigenvalue weighted by Crippen LogP contribution is 1.90. The van der Waals surface area contributed by atoms with Crippen molar-refractivity contribution in [3.05, 3.63) is 0 Å². The Balaban J connectivity index is 3.07. The highest BCUT2D eigenvalue weighted by atomic mass is 35.5. The summed E-state index contributed by atoms with van der Waals surface area (Å²) in [6, 6.07) is 0. The lowest BCUT2D eigenvalue weighted by Crippen LogP contribution is -2.27. The minimum absolute atomic E-state index is 0.0287. The van der Waals surface area contributed by atoms with Gasteiger partial charge >= 0.3 is 0 Å². The Labute approximate surface area is 89.9 Å². The molecule has 0 aromatic heterocycles. The van der Waals surface area contributed by atoms with Crippen LogP contribution in [0.3, 0.4) is 0 Å². The molecule has 0 atom stereocenters. The maximum absolute atomic E-state index is 11.0. The van der Waals surface area contributed by atoms with Crippen LogP contribution in [0.4, 0.5) is 0 Å². The fourth-order valence-corrected chi connectivity index (χ4v) is 0.956. The van der Waals surface area contributed by atoms with E-state index < -0.39 is 0 Å². The molecule has 1 N–H and O–H groups in total. The van der Waals surface area contributed by atoms with Crippen LogP contribution in [0.2, 0.25) is 0 Å². The van der Waals surface area contributed by atoms with Gasteiger partial charge in [0.1, 0.15) is 0 Å². The lowest BCUT2D eigenvalue weighted by Gasteiger charge is -2.05. The third kappa shape index (κ3) is 9.77. The van der Waals surface area contributed by atoms with Crippen molar-refractivity contribution >= 4 is 17.5 Å². The van der Waals surface area contributed by atoms with Gasteiger partial charge in [-0.3, -0.25) is 4.79 Å². The van der Waals surface area contributed by atoms with Crippen molar-refractivity contribution in [2.75, 3.05) is 39.4 Å². The molecule has 0 radical (unpaired) electrons. The number of rotatable bonds is 9. The lowest BCUT2D eigenvalue weighted by atomic mass is 10.3. The van der Waals surface area contributed by atoms with Crippen LogP contribution in [0, 0.1) is 0 Å². The number of methoxy groups -OCH3 is 1. The predicted octanol–water partition coefficient (Wildman–Crippen LogP) is 0.785. The van der Waals surface area contributed by atoms with E-state index in [1.165, 1.54) is 0 Å². The molecular weight excluding hydrogens is 206 g/mol. The summed E-state index contributed by atoms with van der Waals surface area (Å²) in [7, 11) is 1.62. The number of ether oxygens (including phenoxy) is 2. The maximum atomic E-state index is 11.0. The van der Waals surface area contributed by atoms with Gasteiger partial charge < -0.3 is 14.8 Å². The Morgan fingerprint density at radius 2 is 2.14 bits per heavy atom. The molecule has 0 aromatic carbocycles. The Morgan fingerprint density at radius 1 is 1.36 bits per heavy atom. The number of hydrogen-bond acceptors (Lipinski definition) is 3. The summed E-state index contributed by atoms with van der Waals surface area (Å²) in [6.07, 6.45) is 1.21. The molecule has 0 aromatic rings. The Kier molecular flexibility index (Phi) is 10.5. The first-order valence-corrected chi connectivity index (χ1v) is 5.24. The van der Waals surface area contributed by atoms with Gasteiger partial charge in [0.25, 0.3) is 0 Å². The molecule has 0 spiro atoms. The van der Waals surface area contributed by atoms with E-state index in [1.807, 2.05) is 0 Å². The number of hydrogen-bond donors (Lipinski definition) is 1. The largest absolute Gasteiger partial charge is 0.382 e. The van der Waals surface area contributed by atoms with Crippen molar-refractivity contribution in [3.63, 3.8) is 0 Å². The summed E-state index contributed by atoms with van der Waals surface area (Å²) in [6.45, 7) is 2.22. The second-order valence-corrected chi connectivity index (χ2v) is 3.13. The molecule has 0 aliphatic rings. The molecule has 0 saturated heterocycles. The highest BCUT2D eigenvalue weighted by molar-refractivity contribution is 6.17. The van der Waals surface area contributed by atoms with Crippen LogP contribution in [0.15, 0.2) is 0 Å². The third-order valence-electron chi connectivity index (χ3n) is 1.54. The van der Waals surface area contributed by atoms with Crippen molar-refractivity contribution in [1.29, 1.82) is 0 Å².